The molecule has 0 radical (unpaired) electrons. The minimum atomic E-state index is -0.265. The molecule has 3 aromatic heterocycles. The number of rotatable bonds is 8. The minimum absolute atomic E-state index is 0.0700. The number of benzene rings is 2. The SMILES string of the molecule is Cn1c(COc2ccc(Cc3sc(=O)[nH]c3O)cc2)nc2ccc(OCc3ccccc3)nc21. The summed E-state index contributed by atoms with van der Waals surface area (Å²) in [6.45, 7) is 0.734. The van der Waals surface area contributed by atoms with Gasteiger partial charge in [0, 0.05) is 19.5 Å². The lowest BCUT2D eigenvalue weighted by atomic mass is 10.1. The zero-order valence-electron chi connectivity index (χ0n) is 18.4. The lowest BCUT2D eigenvalue weighted by molar-refractivity contribution is 0.291. The largest absolute Gasteiger partial charge is 0.494 e. The summed E-state index contributed by atoms with van der Waals surface area (Å²) in [6.07, 6.45) is 0.473. The first kappa shape index (κ1) is 21.7. The van der Waals surface area contributed by atoms with Gasteiger partial charge in [-0.15, -0.1) is 0 Å². The van der Waals surface area contributed by atoms with Gasteiger partial charge in [0.2, 0.25) is 11.8 Å². The Labute approximate surface area is 199 Å². The zero-order chi connectivity index (χ0) is 23.5. The fourth-order valence-corrected chi connectivity index (χ4v) is 4.30. The summed E-state index contributed by atoms with van der Waals surface area (Å²) in [4.78, 5) is 23.3. The predicted molar refractivity (Wildman–Crippen MR) is 129 cm³/mol. The minimum Gasteiger partial charge on any atom is -0.494 e. The maximum atomic E-state index is 11.3. The normalized spacial score (nSPS) is 11.1. The highest BCUT2D eigenvalue weighted by Gasteiger charge is 2.12. The van der Waals surface area contributed by atoms with Crippen LogP contribution in [0.3, 0.4) is 0 Å². The molecule has 0 aliphatic carbocycles. The van der Waals surface area contributed by atoms with Gasteiger partial charge >= 0.3 is 4.87 Å². The quantitative estimate of drug-likeness (QED) is 0.350. The molecule has 34 heavy (non-hydrogen) atoms. The molecule has 2 N–H and O–H groups in total. The van der Waals surface area contributed by atoms with Gasteiger partial charge in [-0.05, 0) is 29.3 Å². The van der Waals surface area contributed by atoms with Crippen LogP contribution in [-0.4, -0.2) is 24.6 Å². The number of hydrogen-bond acceptors (Lipinski definition) is 7. The van der Waals surface area contributed by atoms with Gasteiger partial charge in [-0.1, -0.05) is 53.8 Å². The number of thiazole rings is 1. The van der Waals surface area contributed by atoms with Crippen LogP contribution in [0.15, 0.2) is 71.5 Å². The number of aryl methyl sites for hydroxylation is 1. The van der Waals surface area contributed by atoms with Crippen LogP contribution < -0.4 is 14.3 Å². The molecule has 0 aliphatic rings. The van der Waals surface area contributed by atoms with Crippen molar-refractivity contribution >= 4 is 22.5 Å². The molecule has 3 heterocycles. The number of pyridine rings is 1. The molecule has 8 nitrogen and oxygen atoms in total. The summed E-state index contributed by atoms with van der Waals surface area (Å²) in [5, 5.41) is 9.75. The van der Waals surface area contributed by atoms with Crippen LogP contribution in [0.1, 0.15) is 21.8 Å². The summed E-state index contributed by atoms with van der Waals surface area (Å²) in [5.41, 5.74) is 3.54. The topological polar surface area (TPSA) is 102 Å². The lowest BCUT2D eigenvalue weighted by Crippen LogP contribution is -2.04. The Bertz CT molecular complexity index is 1470. The van der Waals surface area contributed by atoms with Gasteiger partial charge in [-0.3, -0.25) is 9.78 Å². The number of fused-ring (bicyclic) bond motifs is 1. The standard InChI is InChI=1S/C25H22N4O4S/c1-29-21(15-32-18-9-7-16(8-10-18)13-20-24(30)28-25(31)34-20)26-19-11-12-22(27-23(19)29)33-14-17-5-3-2-4-6-17/h2-12,30H,13-15H2,1H3,(H,28,31). The molecule has 0 spiro atoms. The van der Waals surface area contributed by atoms with E-state index in [-0.39, 0.29) is 17.4 Å². The summed E-state index contributed by atoms with van der Waals surface area (Å²) in [6, 6.07) is 21.2. The Morgan fingerprint density at radius 1 is 0.941 bits per heavy atom. The zero-order valence-corrected chi connectivity index (χ0v) is 19.2. The van der Waals surface area contributed by atoms with Crippen LogP contribution >= 0.6 is 11.3 Å². The molecular formula is C25H22N4O4S. The van der Waals surface area contributed by atoms with E-state index in [2.05, 4.69) is 15.0 Å². The van der Waals surface area contributed by atoms with E-state index < -0.39 is 0 Å². The second kappa shape index (κ2) is 9.40. The molecule has 172 valence electrons. The van der Waals surface area contributed by atoms with E-state index in [4.69, 9.17) is 9.47 Å². The molecule has 0 amide bonds. The maximum Gasteiger partial charge on any atom is 0.307 e. The second-order valence-electron chi connectivity index (χ2n) is 7.75. The Morgan fingerprint density at radius 3 is 2.47 bits per heavy atom. The van der Waals surface area contributed by atoms with Gasteiger partial charge in [-0.2, -0.15) is 4.98 Å². The first-order valence-corrected chi connectivity index (χ1v) is 11.5. The van der Waals surface area contributed by atoms with Crippen molar-refractivity contribution in [3.05, 3.63) is 98.2 Å². The number of nitrogens with one attached hydrogen (secondary N) is 1. The number of aromatic nitrogens is 4. The van der Waals surface area contributed by atoms with Crippen molar-refractivity contribution < 1.29 is 14.6 Å². The fraction of sp³-hybridized carbons (Fsp3) is 0.160. The van der Waals surface area contributed by atoms with Crippen molar-refractivity contribution in [2.45, 2.75) is 19.6 Å². The number of ether oxygens (including phenoxy) is 2. The Kier molecular flexibility index (Phi) is 6.01. The molecule has 0 unspecified atom stereocenters. The molecule has 0 saturated carbocycles. The number of H-pyrrole nitrogens is 1. The van der Waals surface area contributed by atoms with Crippen LogP contribution in [0.5, 0.6) is 17.5 Å². The summed E-state index contributed by atoms with van der Waals surface area (Å²) in [5.74, 6) is 1.91. The molecule has 0 aliphatic heterocycles. The van der Waals surface area contributed by atoms with Gasteiger partial charge in [0.15, 0.2) is 5.65 Å². The molecule has 5 rings (SSSR count). The van der Waals surface area contributed by atoms with E-state index in [9.17, 15) is 9.90 Å². The van der Waals surface area contributed by atoms with Crippen LogP contribution in [-0.2, 0) is 26.7 Å². The van der Waals surface area contributed by atoms with E-state index in [0.717, 1.165) is 39.5 Å². The van der Waals surface area contributed by atoms with Gasteiger partial charge in [0.1, 0.15) is 30.3 Å². The van der Waals surface area contributed by atoms with E-state index in [1.807, 2.05) is 78.3 Å². The highest BCUT2D eigenvalue weighted by molar-refractivity contribution is 7.09. The molecule has 0 saturated heterocycles. The van der Waals surface area contributed by atoms with Gasteiger partial charge in [0.05, 0.1) is 4.88 Å². The monoisotopic (exact) mass is 474 g/mol. The van der Waals surface area contributed by atoms with E-state index in [1.54, 1.807) is 0 Å². The smallest absolute Gasteiger partial charge is 0.307 e. The summed E-state index contributed by atoms with van der Waals surface area (Å²) < 4.78 is 13.7. The van der Waals surface area contributed by atoms with Crippen LogP contribution in [0.25, 0.3) is 11.2 Å². The summed E-state index contributed by atoms with van der Waals surface area (Å²) in [7, 11) is 1.90. The third kappa shape index (κ3) is 4.79. The number of imidazole rings is 1. The van der Waals surface area contributed by atoms with Crippen LogP contribution in [0.2, 0.25) is 0 Å². The van der Waals surface area contributed by atoms with E-state index in [1.165, 1.54) is 0 Å². The highest BCUT2D eigenvalue weighted by atomic mass is 32.1. The average molecular weight is 475 g/mol. The van der Waals surface area contributed by atoms with Gasteiger partial charge in [0.25, 0.3) is 0 Å². The van der Waals surface area contributed by atoms with Crippen LogP contribution in [0.4, 0.5) is 0 Å². The van der Waals surface area contributed by atoms with Crippen molar-refractivity contribution in [3.8, 4) is 17.5 Å². The average Bonchev–Trinajstić information content (AvgIpc) is 3.34. The summed E-state index contributed by atoms with van der Waals surface area (Å²) >= 11 is 1.01. The molecule has 0 bridgehead atoms. The third-order valence-corrected chi connectivity index (χ3v) is 6.24. The second-order valence-corrected chi connectivity index (χ2v) is 8.82. The van der Waals surface area contributed by atoms with E-state index in [0.29, 0.717) is 29.5 Å². The van der Waals surface area contributed by atoms with E-state index >= 15 is 0 Å². The van der Waals surface area contributed by atoms with Gasteiger partial charge < -0.3 is 19.1 Å². The van der Waals surface area contributed by atoms with Crippen molar-refractivity contribution in [3.63, 3.8) is 0 Å². The van der Waals surface area contributed by atoms with Gasteiger partial charge in [-0.25, -0.2) is 4.98 Å². The van der Waals surface area contributed by atoms with Crippen LogP contribution in [0, 0.1) is 0 Å². The fourth-order valence-electron chi connectivity index (χ4n) is 3.54. The molecule has 5 aromatic rings. The molecule has 2 aromatic carbocycles. The van der Waals surface area contributed by atoms with Crippen molar-refractivity contribution in [2.75, 3.05) is 0 Å². The Hall–Kier alpha value is -4.11. The molecular weight excluding hydrogens is 452 g/mol. The number of aromatic amines is 1. The molecule has 0 atom stereocenters. The first-order chi connectivity index (χ1) is 16.5. The Morgan fingerprint density at radius 2 is 1.74 bits per heavy atom. The van der Waals surface area contributed by atoms with Crippen molar-refractivity contribution in [1.82, 2.24) is 19.5 Å². The maximum absolute atomic E-state index is 11.3. The van der Waals surface area contributed by atoms with Crippen molar-refractivity contribution in [1.29, 1.82) is 0 Å². The number of aromatic hydroxyl groups is 1. The lowest BCUT2D eigenvalue weighted by Gasteiger charge is -2.08. The number of nitrogens with zero attached hydrogens (tertiary/aromatic N) is 3. The first-order valence-electron chi connectivity index (χ1n) is 10.7. The third-order valence-electron chi connectivity index (χ3n) is 5.37. The predicted octanol–water partition coefficient (Wildman–Crippen LogP) is 4.17. The Balaban J connectivity index is 1.23. The molecule has 9 heteroatoms. The van der Waals surface area contributed by atoms with Crippen molar-refractivity contribution in [2.24, 2.45) is 7.05 Å². The molecule has 0 fully saturated rings. The highest BCUT2D eigenvalue weighted by Crippen LogP contribution is 2.23. The number of hydrogen-bond donors (Lipinski definition) is 2.